The number of allylic oxidation sites excluding steroid dienone is 2. The molecule has 0 amide bonds. The van der Waals surface area contributed by atoms with Gasteiger partial charge in [-0.1, -0.05) is 55.8 Å². The van der Waals surface area contributed by atoms with E-state index in [2.05, 4.69) is 24.0 Å². The molecular formula is C16H19NO. The SMILES string of the molecule is CCCC1C=CC=CN1CC(=O)c1ccccc1. The Kier molecular flexibility index (Phi) is 4.35. The molecule has 0 saturated heterocycles. The van der Waals surface area contributed by atoms with E-state index in [1.807, 2.05) is 42.6 Å². The quantitative estimate of drug-likeness (QED) is 0.736. The zero-order valence-electron chi connectivity index (χ0n) is 10.8. The minimum Gasteiger partial charge on any atom is -0.363 e. The van der Waals surface area contributed by atoms with Crippen LogP contribution in [0.5, 0.6) is 0 Å². The van der Waals surface area contributed by atoms with E-state index in [4.69, 9.17) is 0 Å². The van der Waals surface area contributed by atoms with E-state index in [0.29, 0.717) is 12.6 Å². The number of ketones is 1. The van der Waals surface area contributed by atoms with Crippen LogP contribution in [0.2, 0.25) is 0 Å². The first kappa shape index (κ1) is 12.6. The van der Waals surface area contributed by atoms with Crippen molar-refractivity contribution in [1.29, 1.82) is 0 Å². The molecule has 2 heteroatoms. The first-order valence-corrected chi connectivity index (χ1v) is 6.50. The zero-order valence-corrected chi connectivity index (χ0v) is 10.8. The Balaban J connectivity index is 2.02. The van der Waals surface area contributed by atoms with Crippen LogP contribution in [0.25, 0.3) is 0 Å². The average molecular weight is 241 g/mol. The van der Waals surface area contributed by atoms with E-state index in [-0.39, 0.29) is 5.78 Å². The Labute approximate surface area is 109 Å². The topological polar surface area (TPSA) is 20.3 Å². The van der Waals surface area contributed by atoms with Crippen molar-refractivity contribution in [2.24, 2.45) is 0 Å². The minimum atomic E-state index is 0.177. The van der Waals surface area contributed by atoms with E-state index < -0.39 is 0 Å². The number of carbonyl (C=O) groups is 1. The Hall–Kier alpha value is -1.83. The Morgan fingerprint density at radius 1 is 1.22 bits per heavy atom. The van der Waals surface area contributed by atoms with Gasteiger partial charge in [-0.25, -0.2) is 0 Å². The highest BCUT2D eigenvalue weighted by Gasteiger charge is 2.17. The molecule has 1 unspecified atom stereocenters. The van der Waals surface area contributed by atoms with E-state index in [1.54, 1.807) is 0 Å². The molecule has 1 aliphatic heterocycles. The third-order valence-electron chi connectivity index (χ3n) is 3.15. The van der Waals surface area contributed by atoms with Crippen LogP contribution in [-0.4, -0.2) is 23.3 Å². The molecule has 0 saturated carbocycles. The van der Waals surface area contributed by atoms with Gasteiger partial charge >= 0.3 is 0 Å². The smallest absolute Gasteiger partial charge is 0.182 e. The zero-order chi connectivity index (χ0) is 12.8. The van der Waals surface area contributed by atoms with E-state index in [0.717, 1.165) is 18.4 Å². The number of Topliss-reactive ketones (excluding diaryl/α,β-unsaturated/α-hetero) is 1. The number of benzene rings is 1. The van der Waals surface area contributed by atoms with Crippen LogP contribution in [0.15, 0.2) is 54.8 Å². The number of carbonyl (C=O) groups excluding carboxylic acids is 1. The maximum atomic E-state index is 12.2. The van der Waals surface area contributed by atoms with Crippen LogP contribution in [0.1, 0.15) is 30.1 Å². The number of hydrogen-bond acceptors (Lipinski definition) is 2. The lowest BCUT2D eigenvalue weighted by atomic mass is 10.1. The number of hydrogen-bond donors (Lipinski definition) is 0. The molecule has 18 heavy (non-hydrogen) atoms. The summed E-state index contributed by atoms with van der Waals surface area (Å²) in [5.74, 6) is 0.177. The fourth-order valence-corrected chi connectivity index (χ4v) is 2.18. The molecule has 2 nitrogen and oxygen atoms in total. The monoisotopic (exact) mass is 241 g/mol. The number of nitrogens with zero attached hydrogens (tertiary/aromatic N) is 1. The molecule has 1 aliphatic rings. The first-order chi connectivity index (χ1) is 8.81. The number of rotatable bonds is 5. The summed E-state index contributed by atoms with van der Waals surface area (Å²) in [5.41, 5.74) is 0.788. The molecule has 0 spiro atoms. The predicted molar refractivity (Wildman–Crippen MR) is 74.5 cm³/mol. The van der Waals surface area contributed by atoms with Gasteiger partial charge in [0.25, 0.3) is 0 Å². The van der Waals surface area contributed by atoms with E-state index in [9.17, 15) is 4.79 Å². The first-order valence-electron chi connectivity index (χ1n) is 6.50. The van der Waals surface area contributed by atoms with Crippen LogP contribution in [-0.2, 0) is 0 Å². The Morgan fingerprint density at radius 3 is 2.72 bits per heavy atom. The molecule has 0 N–H and O–H groups in total. The lowest BCUT2D eigenvalue weighted by Crippen LogP contribution is -2.34. The molecule has 0 bridgehead atoms. The second-order valence-electron chi connectivity index (χ2n) is 4.54. The van der Waals surface area contributed by atoms with Crippen LogP contribution in [0.3, 0.4) is 0 Å². The van der Waals surface area contributed by atoms with Crippen molar-refractivity contribution in [3.05, 3.63) is 60.3 Å². The highest BCUT2D eigenvalue weighted by atomic mass is 16.1. The van der Waals surface area contributed by atoms with E-state index >= 15 is 0 Å². The molecule has 1 aromatic rings. The summed E-state index contributed by atoms with van der Waals surface area (Å²) in [6.07, 6.45) is 10.4. The van der Waals surface area contributed by atoms with Gasteiger partial charge in [0.2, 0.25) is 0 Å². The normalized spacial score (nSPS) is 18.1. The molecule has 0 radical (unpaired) electrons. The van der Waals surface area contributed by atoms with Gasteiger partial charge in [-0.2, -0.15) is 0 Å². The molecule has 94 valence electrons. The fourth-order valence-electron chi connectivity index (χ4n) is 2.18. The summed E-state index contributed by atoms with van der Waals surface area (Å²) in [5, 5.41) is 0. The second-order valence-corrected chi connectivity index (χ2v) is 4.54. The van der Waals surface area contributed by atoms with Gasteiger partial charge in [0.1, 0.15) is 0 Å². The lowest BCUT2D eigenvalue weighted by molar-refractivity contribution is 0.0942. The summed E-state index contributed by atoms with van der Waals surface area (Å²) in [6.45, 7) is 2.62. The lowest BCUT2D eigenvalue weighted by Gasteiger charge is -2.29. The van der Waals surface area contributed by atoms with Crippen molar-refractivity contribution in [1.82, 2.24) is 4.90 Å². The standard InChI is InChI=1S/C16H19NO/c1-2-8-15-11-6-7-12-17(15)13-16(18)14-9-4-3-5-10-14/h3-7,9-12,15H,2,8,13H2,1H3. The van der Waals surface area contributed by atoms with Crippen molar-refractivity contribution < 1.29 is 4.79 Å². The molecule has 1 atom stereocenters. The van der Waals surface area contributed by atoms with Crippen LogP contribution >= 0.6 is 0 Å². The molecule has 0 aromatic heterocycles. The summed E-state index contributed by atoms with van der Waals surface area (Å²) in [7, 11) is 0. The maximum Gasteiger partial charge on any atom is 0.182 e. The third-order valence-corrected chi connectivity index (χ3v) is 3.15. The van der Waals surface area contributed by atoms with Gasteiger partial charge in [0.05, 0.1) is 6.54 Å². The van der Waals surface area contributed by atoms with Crippen molar-refractivity contribution in [3.63, 3.8) is 0 Å². The van der Waals surface area contributed by atoms with Gasteiger partial charge in [-0.3, -0.25) is 4.79 Å². The summed E-state index contributed by atoms with van der Waals surface area (Å²) in [6, 6.07) is 9.85. The van der Waals surface area contributed by atoms with Crippen LogP contribution in [0.4, 0.5) is 0 Å². The molecular weight excluding hydrogens is 222 g/mol. The van der Waals surface area contributed by atoms with Crippen LogP contribution in [0, 0.1) is 0 Å². The van der Waals surface area contributed by atoms with Crippen molar-refractivity contribution in [3.8, 4) is 0 Å². The maximum absolute atomic E-state index is 12.2. The van der Waals surface area contributed by atoms with Gasteiger partial charge in [0.15, 0.2) is 5.78 Å². The van der Waals surface area contributed by atoms with Gasteiger partial charge in [-0.15, -0.1) is 0 Å². The summed E-state index contributed by atoms with van der Waals surface area (Å²) < 4.78 is 0. The fraction of sp³-hybridized carbons (Fsp3) is 0.312. The van der Waals surface area contributed by atoms with Crippen molar-refractivity contribution >= 4 is 5.78 Å². The Morgan fingerprint density at radius 2 is 2.00 bits per heavy atom. The van der Waals surface area contributed by atoms with Crippen molar-refractivity contribution in [2.45, 2.75) is 25.8 Å². The highest BCUT2D eigenvalue weighted by Crippen LogP contribution is 2.14. The van der Waals surface area contributed by atoms with Crippen LogP contribution < -0.4 is 0 Å². The Bertz CT molecular complexity index is 447. The molecule has 1 aromatic carbocycles. The molecule has 1 heterocycles. The predicted octanol–water partition coefficient (Wildman–Crippen LogP) is 3.42. The van der Waals surface area contributed by atoms with E-state index in [1.165, 1.54) is 0 Å². The highest BCUT2D eigenvalue weighted by molar-refractivity contribution is 5.97. The van der Waals surface area contributed by atoms with Gasteiger partial charge in [-0.05, 0) is 12.5 Å². The summed E-state index contributed by atoms with van der Waals surface area (Å²) in [4.78, 5) is 14.3. The van der Waals surface area contributed by atoms with Crippen molar-refractivity contribution in [2.75, 3.05) is 6.54 Å². The second kappa shape index (κ2) is 6.20. The molecule has 0 fully saturated rings. The minimum absolute atomic E-state index is 0.177. The summed E-state index contributed by atoms with van der Waals surface area (Å²) >= 11 is 0. The van der Waals surface area contributed by atoms with Gasteiger partial charge in [0, 0.05) is 17.8 Å². The average Bonchev–Trinajstić information content (AvgIpc) is 2.42. The molecule has 0 aliphatic carbocycles. The largest absolute Gasteiger partial charge is 0.363 e. The molecule has 2 rings (SSSR count). The third kappa shape index (κ3) is 3.10. The van der Waals surface area contributed by atoms with Gasteiger partial charge < -0.3 is 4.90 Å².